The fraction of sp³-hybridized carbons (Fsp3) is 0.958. The molecule has 4 fully saturated rings. The van der Waals surface area contributed by atoms with Crippen LogP contribution in [0.2, 0.25) is 0 Å². The van der Waals surface area contributed by atoms with Gasteiger partial charge in [-0.2, -0.15) is 0 Å². The summed E-state index contributed by atoms with van der Waals surface area (Å²) in [4.78, 5) is 11.3. The number of halogens is 1. The quantitative estimate of drug-likeness (QED) is 0.629. The molecule has 0 aromatic carbocycles. The number of rotatable bonds is 4. The maximum atomic E-state index is 11.3. The Hall–Kier alpha value is -0.120. The van der Waals surface area contributed by atoms with E-state index in [9.17, 15) is 15.0 Å². The van der Waals surface area contributed by atoms with Crippen molar-refractivity contribution in [3.63, 3.8) is 0 Å². The van der Waals surface area contributed by atoms with Crippen LogP contribution in [0.5, 0.6) is 0 Å². The first kappa shape index (κ1) is 21.1. The summed E-state index contributed by atoms with van der Waals surface area (Å²) in [6.45, 7) is 7.25. The van der Waals surface area contributed by atoms with Gasteiger partial charge in [-0.1, -0.05) is 20.8 Å². The lowest BCUT2D eigenvalue weighted by Gasteiger charge is -2.62. The predicted octanol–water partition coefficient (Wildman–Crippen LogP) is 5.16. The first-order chi connectivity index (χ1) is 13.2. The van der Waals surface area contributed by atoms with E-state index in [1.165, 1.54) is 25.7 Å². The van der Waals surface area contributed by atoms with Crippen molar-refractivity contribution in [3.05, 3.63) is 0 Å². The fourth-order valence-corrected chi connectivity index (χ4v) is 8.90. The molecular formula is C24H39ClO3. The molecule has 0 saturated heterocycles. The Morgan fingerprint density at radius 1 is 1.00 bits per heavy atom. The summed E-state index contributed by atoms with van der Waals surface area (Å²) in [6, 6.07) is 0. The van der Waals surface area contributed by atoms with E-state index in [0.29, 0.717) is 41.4 Å². The number of aliphatic hydroxyl groups is 2. The molecule has 4 heteroatoms. The summed E-state index contributed by atoms with van der Waals surface area (Å²) < 4.78 is 0. The highest BCUT2D eigenvalue weighted by molar-refractivity contribution is 6.63. The normalized spacial score (nSPS) is 51.7. The molecule has 0 aromatic rings. The highest BCUT2D eigenvalue weighted by Crippen LogP contribution is 2.68. The highest BCUT2D eigenvalue weighted by atomic mass is 35.5. The van der Waals surface area contributed by atoms with Crippen LogP contribution in [-0.4, -0.2) is 27.7 Å². The second-order valence-electron chi connectivity index (χ2n) is 11.3. The summed E-state index contributed by atoms with van der Waals surface area (Å²) in [6.07, 6.45) is 9.69. The maximum Gasteiger partial charge on any atom is 0.221 e. The van der Waals surface area contributed by atoms with Crippen molar-refractivity contribution in [2.24, 2.45) is 46.3 Å². The minimum Gasteiger partial charge on any atom is -0.393 e. The summed E-state index contributed by atoms with van der Waals surface area (Å²) in [7, 11) is 0. The van der Waals surface area contributed by atoms with Crippen LogP contribution in [0.15, 0.2) is 0 Å². The van der Waals surface area contributed by atoms with Crippen molar-refractivity contribution in [2.45, 2.75) is 97.2 Å². The fourth-order valence-electron chi connectivity index (χ4n) is 8.80. The van der Waals surface area contributed by atoms with Crippen LogP contribution in [0.1, 0.15) is 85.0 Å². The molecular weight excluding hydrogens is 372 g/mol. The molecule has 3 nitrogen and oxygen atoms in total. The summed E-state index contributed by atoms with van der Waals surface area (Å²) in [5, 5.41) is 21.1. The molecule has 4 aliphatic rings. The molecule has 0 aromatic heterocycles. The standard InChI is InChI=1S/C24H39ClO3/c1-14(4-7-22(25)28)17-5-6-18-16-13-21(27)20-12-15(26)8-10-24(20,3)19(16)9-11-23(17,18)2/h14-21,26-27H,4-13H2,1-3H3/t14-,15-,16+,17-,18+,19+,20?,21+,23-,24-/m1/s1. The third-order valence-electron chi connectivity index (χ3n) is 10.2. The van der Waals surface area contributed by atoms with Gasteiger partial charge in [-0.15, -0.1) is 0 Å². The van der Waals surface area contributed by atoms with E-state index >= 15 is 0 Å². The monoisotopic (exact) mass is 410 g/mol. The predicted molar refractivity (Wildman–Crippen MR) is 112 cm³/mol. The average Bonchev–Trinajstić information content (AvgIpc) is 2.99. The molecule has 0 bridgehead atoms. The molecule has 0 radical (unpaired) electrons. The van der Waals surface area contributed by atoms with Crippen molar-refractivity contribution in [1.29, 1.82) is 0 Å². The Morgan fingerprint density at radius 3 is 2.39 bits per heavy atom. The van der Waals surface area contributed by atoms with Gasteiger partial charge in [-0.25, -0.2) is 0 Å². The van der Waals surface area contributed by atoms with Crippen LogP contribution in [0.25, 0.3) is 0 Å². The molecule has 10 atom stereocenters. The van der Waals surface area contributed by atoms with Gasteiger partial charge in [0.25, 0.3) is 0 Å². The smallest absolute Gasteiger partial charge is 0.221 e. The van der Waals surface area contributed by atoms with E-state index in [0.717, 1.165) is 32.1 Å². The maximum absolute atomic E-state index is 11.3. The van der Waals surface area contributed by atoms with Crippen molar-refractivity contribution in [2.75, 3.05) is 0 Å². The molecule has 2 N–H and O–H groups in total. The van der Waals surface area contributed by atoms with Crippen LogP contribution < -0.4 is 0 Å². The van der Waals surface area contributed by atoms with Gasteiger partial charge in [0.1, 0.15) is 0 Å². The van der Waals surface area contributed by atoms with Gasteiger partial charge in [0.05, 0.1) is 12.2 Å². The van der Waals surface area contributed by atoms with Gasteiger partial charge in [0, 0.05) is 6.42 Å². The molecule has 160 valence electrons. The molecule has 4 rings (SSSR count). The molecule has 0 aliphatic heterocycles. The van der Waals surface area contributed by atoms with E-state index in [4.69, 9.17) is 11.6 Å². The average molecular weight is 411 g/mol. The number of fused-ring (bicyclic) bond motifs is 5. The van der Waals surface area contributed by atoms with Crippen molar-refractivity contribution in [3.8, 4) is 0 Å². The minimum absolute atomic E-state index is 0.192. The Bertz CT molecular complexity index is 609. The van der Waals surface area contributed by atoms with Gasteiger partial charge in [0.15, 0.2) is 0 Å². The highest BCUT2D eigenvalue weighted by Gasteiger charge is 2.62. The van der Waals surface area contributed by atoms with E-state index in [1.807, 2.05) is 0 Å². The second kappa shape index (κ2) is 7.54. The van der Waals surface area contributed by atoms with Crippen molar-refractivity contribution < 1.29 is 15.0 Å². The Morgan fingerprint density at radius 2 is 1.68 bits per heavy atom. The number of hydrogen-bond donors (Lipinski definition) is 2. The molecule has 28 heavy (non-hydrogen) atoms. The molecule has 1 unspecified atom stereocenters. The zero-order valence-corrected chi connectivity index (χ0v) is 18.6. The molecule has 0 amide bonds. The van der Waals surface area contributed by atoms with Gasteiger partial charge in [-0.3, -0.25) is 4.79 Å². The number of aliphatic hydroxyl groups excluding tert-OH is 2. The van der Waals surface area contributed by atoms with E-state index in [2.05, 4.69) is 20.8 Å². The van der Waals surface area contributed by atoms with Crippen LogP contribution in [0.3, 0.4) is 0 Å². The second-order valence-corrected chi connectivity index (χ2v) is 11.7. The first-order valence-corrected chi connectivity index (χ1v) is 12.1. The lowest BCUT2D eigenvalue weighted by Crippen LogP contribution is -2.58. The van der Waals surface area contributed by atoms with Gasteiger partial charge in [0.2, 0.25) is 5.24 Å². The topological polar surface area (TPSA) is 57.5 Å². The lowest BCUT2D eigenvalue weighted by atomic mass is 9.44. The van der Waals surface area contributed by atoms with Crippen LogP contribution >= 0.6 is 11.6 Å². The zero-order valence-electron chi connectivity index (χ0n) is 17.9. The Kier molecular flexibility index (Phi) is 5.69. The van der Waals surface area contributed by atoms with Crippen molar-refractivity contribution >= 4 is 16.8 Å². The minimum atomic E-state index is -0.256. The van der Waals surface area contributed by atoms with Crippen molar-refractivity contribution in [1.82, 2.24) is 0 Å². The van der Waals surface area contributed by atoms with Gasteiger partial charge in [-0.05, 0) is 116 Å². The third-order valence-corrected chi connectivity index (χ3v) is 10.4. The molecule has 0 heterocycles. The Balaban J connectivity index is 1.55. The molecule has 4 aliphatic carbocycles. The summed E-state index contributed by atoms with van der Waals surface area (Å²) in [5.41, 5.74) is 0.532. The lowest BCUT2D eigenvalue weighted by molar-refractivity contribution is -0.172. The summed E-state index contributed by atoms with van der Waals surface area (Å²) in [5.74, 6) is 3.50. The van der Waals surface area contributed by atoms with Gasteiger partial charge < -0.3 is 10.2 Å². The summed E-state index contributed by atoms with van der Waals surface area (Å²) >= 11 is 5.61. The van der Waals surface area contributed by atoms with Crippen LogP contribution in [0, 0.1) is 46.3 Å². The first-order valence-electron chi connectivity index (χ1n) is 11.7. The largest absolute Gasteiger partial charge is 0.393 e. The number of hydrogen-bond acceptors (Lipinski definition) is 3. The van der Waals surface area contributed by atoms with Crippen LogP contribution in [-0.2, 0) is 4.79 Å². The number of carbonyl (C=O) groups excluding carboxylic acids is 1. The van der Waals surface area contributed by atoms with Gasteiger partial charge >= 0.3 is 0 Å². The number of carbonyl (C=O) groups is 1. The zero-order chi connectivity index (χ0) is 20.3. The molecule has 0 spiro atoms. The Labute approximate surface area is 175 Å². The third kappa shape index (κ3) is 3.28. The van der Waals surface area contributed by atoms with E-state index in [1.54, 1.807) is 0 Å². The van der Waals surface area contributed by atoms with E-state index < -0.39 is 0 Å². The van der Waals surface area contributed by atoms with Crippen LogP contribution in [0.4, 0.5) is 0 Å². The van der Waals surface area contributed by atoms with E-state index in [-0.39, 0.29) is 28.8 Å². The molecule has 4 saturated carbocycles. The SMILES string of the molecule is C[C@H](CCC(=O)Cl)[C@H]1CC[C@H]2[C@@H]3C[C@H](O)C4C[C@H](O)CC[C@]4(C)[C@H]3CC[C@]12C.